The maximum atomic E-state index is 5.77. The SMILES string of the molecule is CSCCCNc1cc(N)c(C)cn1. The molecular weight excluding hydrogens is 194 g/mol. The van der Waals surface area contributed by atoms with Crippen LogP contribution in [0.3, 0.4) is 0 Å². The largest absolute Gasteiger partial charge is 0.398 e. The van der Waals surface area contributed by atoms with E-state index >= 15 is 0 Å². The lowest BCUT2D eigenvalue weighted by atomic mass is 10.2. The lowest BCUT2D eigenvalue weighted by Gasteiger charge is -2.06. The molecule has 0 aromatic carbocycles. The van der Waals surface area contributed by atoms with Gasteiger partial charge >= 0.3 is 0 Å². The second kappa shape index (κ2) is 5.75. The van der Waals surface area contributed by atoms with Gasteiger partial charge in [-0.15, -0.1) is 0 Å². The molecule has 1 aromatic rings. The Labute approximate surface area is 89.5 Å². The quantitative estimate of drug-likeness (QED) is 0.733. The highest BCUT2D eigenvalue weighted by atomic mass is 32.2. The van der Waals surface area contributed by atoms with E-state index in [0.29, 0.717) is 0 Å². The van der Waals surface area contributed by atoms with E-state index in [4.69, 9.17) is 5.73 Å². The average molecular weight is 211 g/mol. The smallest absolute Gasteiger partial charge is 0.127 e. The number of hydrogen-bond donors (Lipinski definition) is 2. The fourth-order valence-corrected chi connectivity index (χ4v) is 1.50. The lowest BCUT2D eigenvalue weighted by molar-refractivity contribution is 0.981. The zero-order valence-corrected chi connectivity index (χ0v) is 9.53. The van der Waals surface area contributed by atoms with Gasteiger partial charge in [-0.05, 0) is 30.9 Å². The first-order valence-corrected chi connectivity index (χ1v) is 6.08. The number of nitrogens with two attached hydrogens (primary N) is 1. The molecule has 1 aromatic heterocycles. The van der Waals surface area contributed by atoms with Gasteiger partial charge in [0.05, 0.1) is 0 Å². The molecule has 14 heavy (non-hydrogen) atoms. The van der Waals surface area contributed by atoms with Gasteiger partial charge in [0.1, 0.15) is 5.82 Å². The van der Waals surface area contributed by atoms with Gasteiger partial charge in [0.25, 0.3) is 0 Å². The number of hydrogen-bond acceptors (Lipinski definition) is 4. The lowest BCUT2D eigenvalue weighted by Crippen LogP contribution is -2.05. The molecule has 78 valence electrons. The second-order valence-corrected chi connectivity index (χ2v) is 4.18. The molecule has 0 aliphatic carbocycles. The van der Waals surface area contributed by atoms with E-state index in [-0.39, 0.29) is 0 Å². The molecule has 0 spiro atoms. The Morgan fingerprint density at radius 2 is 2.36 bits per heavy atom. The van der Waals surface area contributed by atoms with Crippen molar-refractivity contribution in [2.45, 2.75) is 13.3 Å². The third-order valence-electron chi connectivity index (χ3n) is 1.98. The second-order valence-electron chi connectivity index (χ2n) is 3.20. The standard InChI is InChI=1S/C10H17N3S/c1-8-7-13-10(6-9(8)11)12-4-3-5-14-2/h6-7H,3-5H2,1-2H3,(H3,11,12,13). The minimum atomic E-state index is 0.798. The third-order valence-corrected chi connectivity index (χ3v) is 2.67. The molecule has 0 atom stereocenters. The summed E-state index contributed by atoms with van der Waals surface area (Å²) < 4.78 is 0. The molecule has 3 nitrogen and oxygen atoms in total. The third kappa shape index (κ3) is 3.46. The van der Waals surface area contributed by atoms with Crippen LogP contribution in [0, 0.1) is 6.92 Å². The van der Waals surface area contributed by atoms with Crippen molar-refractivity contribution in [1.82, 2.24) is 4.98 Å². The van der Waals surface area contributed by atoms with E-state index < -0.39 is 0 Å². The van der Waals surface area contributed by atoms with Crippen LogP contribution >= 0.6 is 11.8 Å². The number of aromatic nitrogens is 1. The first-order valence-electron chi connectivity index (χ1n) is 4.69. The molecule has 0 amide bonds. The molecular formula is C10H17N3S. The zero-order chi connectivity index (χ0) is 10.4. The van der Waals surface area contributed by atoms with Gasteiger partial charge in [-0.1, -0.05) is 0 Å². The Kier molecular flexibility index (Phi) is 4.59. The van der Waals surface area contributed by atoms with Gasteiger partial charge in [-0.3, -0.25) is 0 Å². The molecule has 3 N–H and O–H groups in total. The number of nitrogen functional groups attached to an aromatic ring is 1. The highest BCUT2D eigenvalue weighted by molar-refractivity contribution is 7.98. The summed E-state index contributed by atoms with van der Waals surface area (Å²) in [6, 6.07) is 1.88. The van der Waals surface area contributed by atoms with Gasteiger partial charge in [0, 0.05) is 24.5 Å². The van der Waals surface area contributed by atoms with Crippen LogP contribution < -0.4 is 11.1 Å². The first kappa shape index (κ1) is 11.2. The van der Waals surface area contributed by atoms with Crippen molar-refractivity contribution < 1.29 is 0 Å². The fraction of sp³-hybridized carbons (Fsp3) is 0.500. The molecule has 0 aliphatic heterocycles. The van der Waals surface area contributed by atoms with Crippen molar-refractivity contribution in [2.75, 3.05) is 29.6 Å². The molecule has 0 saturated heterocycles. The minimum absolute atomic E-state index is 0.798. The van der Waals surface area contributed by atoms with Crippen LogP contribution in [0.5, 0.6) is 0 Å². The monoisotopic (exact) mass is 211 g/mol. The number of pyridine rings is 1. The Hall–Kier alpha value is -0.900. The Morgan fingerprint density at radius 1 is 1.57 bits per heavy atom. The van der Waals surface area contributed by atoms with Gasteiger partial charge in [-0.2, -0.15) is 11.8 Å². The fourth-order valence-electron chi connectivity index (χ4n) is 1.07. The topological polar surface area (TPSA) is 50.9 Å². The van der Waals surface area contributed by atoms with Crippen molar-refractivity contribution in [3.05, 3.63) is 17.8 Å². The van der Waals surface area contributed by atoms with Crippen LogP contribution in [0.1, 0.15) is 12.0 Å². The van der Waals surface area contributed by atoms with E-state index in [2.05, 4.69) is 16.6 Å². The zero-order valence-electron chi connectivity index (χ0n) is 8.71. The van der Waals surface area contributed by atoms with Crippen LogP contribution in [-0.2, 0) is 0 Å². The summed E-state index contributed by atoms with van der Waals surface area (Å²) in [5.74, 6) is 2.04. The summed E-state index contributed by atoms with van der Waals surface area (Å²) in [5, 5.41) is 3.24. The Morgan fingerprint density at radius 3 is 3.00 bits per heavy atom. The summed E-state index contributed by atoms with van der Waals surface area (Å²) in [7, 11) is 0. The van der Waals surface area contributed by atoms with E-state index in [9.17, 15) is 0 Å². The maximum absolute atomic E-state index is 5.77. The number of nitrogens with zero attached hydrogens (tertiary/aromatic N) is 1. The van der Waals surface area contributed by atoms with Crippen LogP contribution in [0.25, 0.3) is 0 Å². The van der Waals surface area contributed by atoms with Crippen molar-refractivity contribution in [1.29, 1.82) is 0 Å². The van der Waals surface area contributed by atoms with Gasteiger partial charge in [0.15, 0.2) is 0 Å². The van der Waals surface area contributed by atoms with E-state index in [0.717, 1.165) is 30.0 Å². The molecule has 4 heteroatoms. The van der Waals surface area contributed by atoms with Crippen molar-refractivity contribution in [3.8, 4) is 0 Å². The van der Waals surface area contributed by atoms with E-state index in [1.807, 2.05) is 24.8 Å². The maximum Gasteiger partial charge on any atom is 0.127 e. The number of rotatable bonds is 5. The molecule has 0 saturated carbocycles. The van der Waals surface area contributed by atoms with Crippen LogP contribution in [0.2, 0.25) is 0 Å². The van der Waals surface area contributed by atoms with Crippen LogP contribution in [-0.4, -0.2) is 23.5 Å². The number of anilines is 2. The normalized spacial score (nSPS) is 10.1. The highest BCUT2D eigenvalue weighted by Crippen LogP contribution is 2.13. The number of thioether (sulfide) groups is 1. The van der Waals surface area contributed by atoms with Crippen LogP contribution in [0.15, 0.2) is 12.3 Å². The number of nitrogens with one attached hydrogen (secondary N) is 1. The molecule has 0 radical (unpaired) electrons. The van der Waals surface area contributed by atoms with Crippen molar-refractivity contribution >= 4 is 23.3 Å². The first-order chi connectivity index (χ1) is 6.74. The molecule has 0 aliphatic rings. The summed E-state index contributed by atoms with van der Waals surface area (Å²) in [5.41, 5.74) is 7.59. The average Bonchev–Trinajstić information content (AvgIpc) is 2.18. The molecule has 0 fully saturated rings. The van der Waals surface area contributed by atoms with Crippen molar-refractivity contribution in [3.63, 3.8) is 0 Å². The van der Waals surface area contributed by atoms with E-state index in [1.54, 1.807) is 6.20 Å². The summed E-state index contributed by atoms with van der Waals surface area (Å²) in [6.45, 7) is 2.91. The van der Waals surface area contributed by atoms with Crippen molar-refractivity contribution in [2.24, 2.45) is 0 Å². The Balaban J connectivity index is 2.39. The van der Waals surface area contributed by atoms with Crippen LogP contribution in [0.4, 0.5) is 11.5 Å². The molecule has 0 bridgehead atoms. The molecule has 1 heterocycles. The highest BCUT2D eigenvalue weighted by Gasteiger charge is 1.96. The number of aryl methyl sites for hydroxylation is 1. The molecule has 0 unspecified atom stereocenters. The predicted octanol–water partition coefficient (Wildman–Crippen LogP) is 2.14. The summed E-state index contributed by atoms with van der Waals surface area (Å²) in [4.78, 5) is 4.24. The summed E-state index contributed by atoms with van der Waals surface area (Å²) in [6.07, 6.45) is 5.06. The van der Waals surface area contributed by atoms with E-state index in [1.165, 1.54) is 5.75 Å². The van der Waals surface area contributed by atoms with Gasteiger partial charge in [0.2, 0.25) is 0 Å². The van der Waals surface area contributed by atoms with Gasteiger partial charge < -0.3 is 11.1 Å². The minimum Gasteiger partial charge on any atom is -0.398 e. The predicted molar refractivity (Wildman–Crippen MR) is 64.9 cm³/mol. The summed E-state index contributed by atoms with van der Waals surface area (Å²) >= 11 is 1.86. The Bertz CT molecular complexity index is 289. The molecule has 1 rings (SSSR count). The van der Waals surface area contributed by atoms with Gasteiger partial charge in [-0.25, -0.2) is 4.98 Å².